The maximum absolute atomic E-state index is 13.1. The third-order valence-corrected chi connectivity index (χ3v) is 3.06. The Morgan fingerprint density at radius 2 is 2.33 bits per heavy atom. The van der Waals surface area contributed by atoms with Gasteiger partial charge in [0.2, 0.25) is 0 Å². The molecule has 0 unspecified atom stereocenters. The van der Waals surface area contributed by atoms with Gasteiger partial charge in [0, 0.05) is 12.1 Å². The minimum Gasteiger partial charge on any atom is -0.317 e. The van der Waals surface area contributed by atoms with E-state index in [2.05, 4.69) is 10.6 Å². The molecule has 82 valence electrons. The number of nitrogens with one attached hydrogen (secondary N) is 2. The molecule has 1 fully saturated rings. The Hall–Kier alpha value is -0.930. The van der Waals surface area contributed by atoms with Crippen LogP contribution >= 0.6 is 0 Å². The molecule has 0 amide bonds. The van der Waals surface area contributed by atoms with E-state index in [1.807, 2.05) is 13.1 Å². The summed E-state index contributed by atoms with van der Waals surface area (Å²) >= 11 is 0. The number of piperidine rings is 1. The van der Waals surface area contributed by atoms with Crippen molar-refractivity contribution in [2.45, 2.75) is 24.9 Å². The Balaban J connectivity index is 2.09. The van der Waals surface area contributed by atoms with Gasteiger partial charge in [-0.1, -0.05) is 12.1 Å². The van der Waals surface area contributed by atoms with Crippen molar-refractivity contribution in [1.82, 2.24) is 10.6 Å². The highest BCUT2D eigenvalue weighted by Crippen LogP contribution is 2.23. The first-order valence-electron chi connectivity index (χ1n) is 5.45. The summed E-state index contributed by atoms with van der Waals surface area (Å²) in [6.07, 6.45) is 2.17. The predicted octanol–water partition coefficient (Wildman–Crippen LogP) is 1.84. The number of rotatable bonds is 2. The van der Waals surface area contributed by atoms with Crippen molar-refractivity contribution in [3.8, 4) is 0 Å². The second-order valence-corrected chi connectivity index (χ2v) is 4.07. The van der Waals surface area contributed by atoms with Gasteiger partial charge < -0.3 is 10.6 Å². The first-order chi connectivity index (χ1) is 7.29. The molecule has 0 spiro atoms. The van der Waals surface area contributed by atoms with Gasteiger partial charge in [-0.05, 0) is 44.1 Å². The standard InChI is InChI=1S/C12H17FN2/c1-14-11-5-6-15-12(8-11)9-3-2-4-10(13)7-9/h2-4,7,11-12,14-15H,5-6,8H2,1H3/t11-,12+/m1/s1. The molecule has 1 aliphatic heterocycles. The summed E-state index contributed by atoms with van der Waals surface area (Å²) in [7, 11) is 1.98. The van der Waals surface area contributed by atoms with Gasteiger partial charge >= 0.3 is 0 Å². The van der Waals surface area contributed by atoms with Gasteiger partial charge in [-0.25, -0.2) is 4.39 Å². The highest BCUT2D eigenvalue weighted by atomic mass is 19.1. The van der Waals surface area contributed by atoms with E-state index in [4.69, 9.17) is 0 Å². The van der Waals surface area contributed by atoms with Crippen LogP contribution < -0.4 is 10.6 Å². The molecule has 2 rings (SSSR count). The Morgan fingerprint density at radius 1 is 1.47 bits per heavy atom. The molecule has 0 saturated carbocycles. The number of hydrogen-bond acceptors (Lipinski definition) is 2. The van der Waals surface area contributed by atoms with Crippen LogP contribution in [0.5, 0.6) is 0 Å². The number of halogens is 1. The van der Waals surface area contributed by atoms with E-state index >= 15 is 0 Å². The maximum atomic E-state index is 13.1. The predicted molar refractivity (Wildman–Crippen MR) is 59.2 cm³/mol. The van der Waals surface area contributed by atoms with Crippen molar-refractivity contribution in [3.63, 3.8) is 0 Å². The lowest BCUT2D eigenvalue weighted by Gasteiger charge is -2.30. The zero-order valence-electron chi connectivity index (χ0n) is 8.96. The summed E-state index contributed by atoms with van der Waals surface area (Å²) < 4.78 is 13.1. The Labute approximate surface area is 89.9 Å². The minimum absolute atomic E-state index is 0.152. The van der Waals surface area contributed by atoms with Crippen molar-refractivity contribution < 1.29 is 4.39 Å². The van der Waals surface area contributed by atoms with Crippen LogP contribution in [0.3, 0.4) is 0 Å². The highest BCUT2D eigenvalue weighted by molar-refractivity contribution is 5.21. The van der Waals surface area contributed by atoms with Crippen LogP contribution in [0.25, 0.3) is 0 Å². The summed E-state index contributed by atoms with van der Waals surface area (Å²) in [5.74, 6) is -0.152. The fraction of sp³-hybridized carbons (Fsp3) is 0.500. The fourth-order valence-electron chi connectivity index (χ4n) is 2.16. The van der Waals surface area contributed by atoms with Gasteiger partial charge in [0.25, 0.3) is 0 Å². The van der Waals surface area contributed by atoms with Gasteiger partial charge in [-0.2, -0.15) is 0 Å². The summed E-state index contributed by atoms with van der Waals surface area (Å²) in [6.45, 7) is 0.993. The Morgan fingerprint density at radius 3 is 3.07 bits per heavy atom. The van der Waals surface area contributed by atoms with E-state index in [-0.39, 0.29) is 11.9 Å². The number of benzene rings is 1. The molecule has 1 heterocycles. The molecular weight excluding hydrogens is 191 g/mol. The lowest BCUT2D eigenvalue weighted by molar-refractivity contribution is 0.336. The molecule has 3 heteroatoms. The molecule has 2 nitrogen and oxygen atoms in total. The van der Waals surface area contributed by atoms with Gasteiger partial charge in [0.05, 0.1) is 0 Å². The second-order valence-electron chi connectivity index (χ2n) is 4.07. The smallest absolute Gasteiger partial charge is 0.123 e. The van der Waals surface area contributed by atoms with Gasteiger partial charge in [-0.15, -0.1) is 0 Å². The normalized spacial score (nSPS) is 26.5. The quantitative estimate of drug-likeness (QED) is 0.775. The van der Waals surface area contributed by atoms with Crippen LogP contribution in [0.15, 0.2) is 24.3 Å². The monoisotopic (exact) mass is 208 g/mol. The first kappa shape index (κ1) is 10.6. The lowest BCUT2D eigenvalue weighted by Crippen LogP contribution is -2.40. The molecule has 15 heavy (non-hydrogen) atoms. The number of hydrogen-bond donors (Lipinski definition) is 2. The molecule has 0 bridgehead atoms. The van der Waals surface area contributed by atoms with Crippen LogP contribution in [0.4, 0.5) is 4.39 Å². The molecule has 1 aliphatic rings. The van der Waals surface area contributed by atoms with Crippen LogP contribution in [0.2, 0.25) is 0 Å². The van der Waals surface area contributed by atoms with E-state index < -0.39 is 0 Å². The third-order valence-electron chi connectivity index (χ3n) is 3.06. The Bertz CT molecular complexity index is 327. The lowest BCUT2D eigenvalue weighted by atomic mass is 9.94. The average Bonchev–Trinajstić information content (AvgIpc) is 2.29. The van der Waals surface area contributed by atoms with Crippen LogP contribution in [-0.4, -0.2) is 19.6 Å². The molecule has 1 aromatic rings. The molecule has 0 aromatic heterocycles. The topological polar surface area (TPSA) is 24.1 Å². The molecule has 1 aromatic carbocycles. The minimum atomic E-state index is -0.152. The van der Waals surface area contributed by atoms with Crippen molar-refractivity contribution in [1.29, 1.82) is 0 Å². The van der Waals surface area contributed by atoms with E-state index in [1.165, 1.54) is 6.07 Å². The molecular formula is C12H17FN2. The van der Waals surface area contributed by atoms with E-state index in [0.717, 1.165) is 24.9 Å². The maximum Gasteiger partial charge on any atom is 0.123 e. The van der Waals surface area contributed by atoms with Crippen LogP contribution in [-0.2, 0) is 0 Å². The van der Waals surface area contributed by atoms with Crippen molar-refractivity contribution in [2.75, 3.05) is 13.6 Å². The van der Waals surface area contributed by atoms with Crippen LogP contribution in [0.1, 0.15) is 24.4 Å². The Kier molecular flexibility index (Phi) is 3.34. The van der Waals surface area contributed by atoms with Gasteiger partial charge in [0.15, 0.2) is 0 Å². The highest BCUT2D eigenvalue weighted by Gasteiger charge is 2.21. The first-order valence-corrected chi connectivity index (χ1v) is 5.45. The molecule has 1 saturated heterocycles. The van der Waals surface area contributed by atoms with Crippen molar-refractivity contribution >= 4 is 0 Å². The van der Waals surface area contributed by atoms with Crippen molar-refractivity contribution in [2.24, 2.45) is 0 Å². The van der Waals surface area contributed by atoms with Crippen molar-refractivity contribution in [3.05, 3.63) is 35.6 Å². The summed E-state index contributed by atoms with van der Waals surface area (Å²) in [5, 5.41) is 6.70. The fourth-order valence-corrected chi connectivity index (χ4v) is 2.16. The summed E-state index contributed by atoms with van der Waals surface area (Å²) in [4.78, 5) is 0. The SMILES string of the molecule is CN[C@@H]1CCN[C@H](c2cccc(F)c2)C1. The molecule has 0 radical (unpaired) electrons. The zero-order valence-corrected chi connectivity index (χ0v) is 8.96. The van der Waals surface area contributed by atoms with E-state index in [1.54, 1.807) is 12.1 Å². The van der Waals surface area contributed by atoms with Crippen LogP contribution in [0, 0.1) is 5.82 Å². The summed E-state index contributed by atoms with van der Waals surface area (Å²) in [5.41, 5.74) is 1.05. The largest absolute Gasteiger partial charge is 0.317 e. The molecule has 2 atom stereocenters. The van der Waals surface area contributed by atoms with Gasteiger partial charge in [0.1, 0.15) is 5.82 Å². The second kappa shape index (κ2) is 4.73. The van der Waals surface area contributed by atoms with E-state index in [9.17, 15) is 4.39 Å². The van der Waals surface area contributed by atoms with Gasteiger partial charge in [-0.3, -0.25) is 0 Å². The molecule has 2 N–H and O–H groups in total. The zero-order chi connectivity index (χ0) is 10.7. The van der Waals surface area contributed by atoms with E-state index in [0.29, 0.717) is 6.04 Å². The molecule has 0 aliphatic carbocycles. The average molecular weight is 208 g/mol. The summed E-state index contributed by atoms with van der Waals surface area (Å²) in [6, 6.07) is 7.69. The third kappa shape index (κ3) is 2.55.